The van der Waals surface area contributed by atoms with Crippen molar-refractivity contribution in [3.8, 4) is 0 Å². The number of hydrogen-bond acceptors (Lipinski definition) is 3. The van der Waals surface area contributed by atoms with Crippen molar-refractivity contribution in [2.75, 3.05) is 38.7 Å². The summed E-state index contributed by atoms with van der Waals surface area (Å²) >= 11 is 0. The van der Waals surface area contributed by atoms with E-state index in [0.717, 1.165) is 5.69 Å². The van der Waals surface area contributed by atoms with E-state index in [-0.39, 0.29) is 25.0 Å². The van der Waals surface area contributed by atoms with Crippen molar-refractivity contribution in [2.45, 2.75) is 6.54 Å². The first-order chi connectivity index (χ1) is 13.5. The molecule has 1 aromatic carbocycles. The predicted octanol–water partition coefficient (Wildman–Crippen LogP) is 2.72. The molecule has 0 bridgehead atoms. The number of urea groups is 1. The van der Waals surface area contributed by atoms with Crippen molar-refractivity contribution in [3.63, 3.8) is 0 Å². The molecule has 0 aliphatic rings. The molecule has 1 aromatic heterocycles. The Kier molecular flexibility index (Phi) is 8.30. The van der Waals surface area contributed by atoms with E-state index in [1.165, 1.54) is 4.90 Å². The SMILES string of the molecule is C=CCN(CC(=O)N(CCOC)Cc1cccn1C)C(=O)Nc1ccccc1. The number of hydrogen-bond donors (Lipinski definition) is 1. The summed E-state index contributed by atoms with van der Waals surface area (Å²) in [4.78, 5) is 28.7. The molecule has 0 unspecified atom stereocenters. The average molecular weight is 384 g/mol. The number of para-hydroxylation sites is 1. The molecule has 28 heavy (non-hydrogen) atoms. The summed E-state index contributed by atoms with van der Waals surface area (Å²) in [6.07, 6.45) is 3.54. The Morgan fingerprint density at radius 3 is 2.54 bits per heavy atom. The van der Waals surface area contributed by atoms with Crippen molar-refractivity contribution < 1.29 is 14.3 Å². The van der Waals surface area contributed by atoms with Gasteiger partial charge in [-0.25, -0.2) is 4.79 Å². The van der Waals surface area contributed by atoms with Gasteiger partial charge in [-0.05, 0) is 24.3 Å². The first kappa shape index (κ1) is 21.2. The number of aromatic nitrogens is 1. The van der Waals surface area contributed by atoms with E-state index in [9.17, 15) is 9.59 Å². The minimum absolute atomic E-state index is 0.0428. The van der Waals surface area contributed by atoms with E-state index >= 15 is 0 Å². The van der Waals surface area contributed by atoms with Crippen LogP contribution in [0.2, 0.25) is 0 Å². The molecule has 0 fully saturated rings. The summed E-state index contributed by atoms with van der Waals surface area (Å²) in [5.74, 6) is -0.150. The van der Waals surface area contributed by atoms with E-state index in [0.29, 0.717) is 25.4 Å². The van der Waals surface area contributed by atoms with Crippen LogP contribution >= 0.6 is 0 Å². The fourth-order valence-corrected chi connectivity index (χ4v) is 2.71. The lowest BCUT2D eigenvalue weighted by Crippen LogP contribution is -2.45. The molecule has 0 aliphatic heterocycles. The molecule has 7 heteroatoms. The van der Waals surface area contributed by atoms with Crippen LogP contribution in [0.5, 0.6) is 0 Å². The quantitative estimate of drug-likeness (QED) is 0.641. The van der Waals surface area contributed by atoms with Crippen molar-refractivity contribution >= 4 is 17.6 Å². The summed E-state index contributed by atoms with van der Waals surface area (Å²) in [5, 5.41) is 2.81. The second kappa shape index (κ2) is 10.9. The molecule has 0 spiro atoms. The summed E-state index contributed by atoms with van der Waals surface area (Å²) in [6, 6.07) is 12.7. The minimum Gasteiger partial charge on any atom is -0.383 e. The zero-order valence-electron chi connectivity index (χ0n) is 16.5. The largest absolute Gasteiger partial charge is 0.383 e. The van der Waals surface area contributed by atoms with Crippen LogP contribution in [0.1, 0.15) is 5.69 Å². The summed E-state index contributed by atoms with van der Waals surface area (Å²) in [7, 11) is 3.54. The minimum atomic E-state index is -0.343. The first-order valence-electron chi connectivity index (χ1n) is 9.14. The van der Waals surface area contributed by atoms with Crippen LogP contribution in [0.3, 0.4) is 0 Å². The maximum Gasteiger partial charge on any atom is 0.322 e. The first-order valence-corrected chi connectivity index (χ1v) is 9.14. The van der Waals surface area contributed by atoms with Crippen LogP contribution in [0, 0.1) is 0 Å². The number of benzene rings is 1. The smallest absolute Gasteiger partial charge is 0.322 e. The molecule has 0 radical (unpaired) electrons. The van der Waals surface area contributed by atoms with Crippen molar-refractivity contribution in [2.24, 2.45) is 7.05 Å². The average Bonchev–Trinajstić information content (AvgIpc) is 3.10. The van der Waals surface area contributed by atoms with Gasteiger partial charge in [0.1, 0.15) is 6.54 Å². The topological polar surface area (TPSA) is 66.8 Å². The number of nitrogens with zero attached hydrogens (tertiary/aromatic N) is 3. The van der Waals surface area contributed by atoms with Crippen molar-refractivity contribution in [1.29, 1.82) is 0 Å². The molecule has 1 heterocycles. The second-order valence-electron chi connectivity index (χ2n) is 6.38. The van der Waals surface area contributed by atoms with Crippen LogP contribution in [-0.2, 0) is 23.1 Å². The monoisotopic (exact) mass is 384 g/mol. The van der Waals surface area contributed by atoms with Gasteiger partial charge in [0.2, 0.25) is 5.91 Å². The van der Waals surface area contributed by atoms with Gasteiger partial charge in [0.25, 0.3) is 0 Å². The maximum absolute atomic E-state index is 12.9. The number of carbonyl (C=O) groups excluding carboxylic acids is 2. The van der Waals surface area contributed by atoms with Crippen LogP contribution < -0.4 is 5.32 Å². The highest BCUT2D eigenvalue weighted by Gasteiger charge is 2.21. The Labute approximate surface area is 166 Å². The summed E-state index contributed by atoms with van der Waals surface area (Å²) in [5.41, 5.74) is 1.68. The molecule has 3 amide bonds. The van der Waals surface area contributed by atoms with E-state index in [2.05, 4.69) is 11.9 Å². The van der Waals surface area contributed by atoms with Gasteiger partial charge < -0.3 is 24.4 Å². The standard InChI is InChI=1S/C21H28N4O3/c1-4-12-25(21(27)22-18-9-6-5-7-10-18)17-20(26)24(14-15-28-3)16-19-11-8-13-23(19)2/h4-11,13H,1,12,14-17H2,2-3H3,(H,22,27). The normalized spacial score (nSPS) is 10.4. The molecular formula is C21H28N4O3. The lowest BCUT2D eigenvalue weighted by atomic mass is 10.3. The lowest BCUT2D eigenvalue weighted by molar-refractivity contribution is -0.133. The molecule has 2 rings (SSSR count). The van der Waals surface area contributed by atoms with Gasteiger partial charge in [-0.2, -0.15) is 0 Å². The third kappa shape index (κ3) is 6.28. The molecule has 2 aromatic rings. The highest BCUT2D eigenvalue weighted by Crippen LogP contribution is 2.09. The number of rotatable bonds is 10. The lowest BCUT2D eigenvalue weighted by Gasteiger charge is -2.27. The van der Waals surface area contributed by atoms with Gasteiger partial charge in [-0.1, -0.05) is 24.3 Å². The molecule has 150 valence electrons. The molecule has 0 saturated heterocycles. The van der Waals surface area contributed by atoms with Crippen LogP contribution in [-0.4, -0.2) is 59.7 Å². The highest BCUT2D eigenvalue weighted by molar-refractivity contribution is 5.92. The van der Waals surface area contributed by atoms with E-state index in [1.54, 1.807) is 30.2 Å². The van der Waals surface area contributed by atoms with Crippen molar-refractivity contribution in [1.82, 2.24) is 14.4 Å². The number of methoxy groups -OCH3 is 1. The van der Waals surface area contributed by atoms with Gasteiger partial charge in [0.05, 0.1) is 13.2 Å². The third-order valence-electron chi connectivity index (χ3n) is 4.31. The van der Waals surface area contributed by atoms with E-state index < -0.39 is 0 Å². The number of nitrogens with one attached hydrogen (secondary N) is 1. The number of amides is 3. The molecule has 0 saturated carbocycles. The zero-order chi connectivity index (χ0) is 20.4. The Hall–Kier alpha value is -3.06. The number of aryl methyl sites for hydroxylation is 1. The molecule has 0 atom stereocenters. The summed E-state index contributed by atoms with van der Waals surface area (Å²) < 4.78 is 7.11. The zero-order valence-corrected chi connectivity index (χ0v) is 16.5. The van der Waals surface area contributed by atoms with Crippen LogP contribution in [0.4, 0.5) is 10.5 Å². The van der Waals surface area contributed by atoms with Gasteiger partial charge in [-0.3, -0.25) is 4.79 Å². The third-order valence-corrected chi connectivity index (χ3v) is 4.31. The summed E-state index contributed by atoms with van der Waals surface area (Å²) in [6.45, 7) is 5.25. The molecular weight excluding hydrogens is 356 g/mol. The van der Waals surface area contributed by atoms with Gasteiger partial charge in [0, 0.05) is 44.8 Å². The van der Waals surface area contributed by atoms with E-state index in [4.69, 9.17) is 4.74 Å². The van der Waals surface area contributed by atoms with Gasteiger partial charge in [0.15, 0.2) is 0 Å². The number of anilines is 1. The Balaban J connectivity index is 2.06. The van der Waals surface area contributed by atoms with Gasteiger partial charge >= 0.3 is 6.03 Å². The number of ether oxygens (including phenoxy) is 1. The predicted molar refractivity (Wildman–Crippen MR) is 110 cm³/mol. The Morgan fingerprint density at radius 2 is 1.93 bits per heavy atom. The fraction of sp³-hybridized carbons (Fsp3) is 0.333. The Morgan fingerprint density at radius 1 is 1.18 bits per heavy atom. The molecule has 7 nitrogen and oxygen atoms in total. The van der Waals surface area contributed by atoms with Crippen LogP contribution in [0.15, 0.2) is 61.3 Å². The van der Waals surface area contributed by atoms with Crippen LogP contribution in [0.25, 0.3) is 0 Å². The maximum atomic E-state index is 12.9. The Bertz CT molecular complexity index is 773. The second-order valence-corrected chi connectivity index (χ2v) is 6.38. The van der Waals surface area contributed by atoms with Crippen molar-refractivity contribution in [3.05, 3.63) is 67.0 Å². The molecule has 1 N–H and O–H groups in total. The molecule has 0 aliphatic carbocycles. The van der Waals surface area contributed by atoms with Gasteiger partial charge in [-0.15, -0.1) is 6.58 Å². The fourth-order valence-electron chi connectivity index (χ4n) is 2.71. The number of carbonyl (C=O) groups is 2. The van der Waals surface area contributed by atoms with E-state index in [1.807, 2.05) is 48.1 Å². The highest BCUT2D eigenvalue weighted by atomic mass is 16.5.